The van der Waals surface area contributed by atoms with Gasteiger partial charge in [-0.15, -0.1) is 5.10 Å². The lowest BCUT2D eigenvalue weighted by Gasteiger charge is -2.26. The quantitative estimate of drug-likeness (QED) is 0.765. The molecule has 0 N–H and O–H groups in total. The van der Waals surface area contributed by atoms with Crippen LogP contribution < -0.4 is 0 Å². The predicted molar refractivity (Wildman–Crippen MR) is 74.2 cm³/mol. The van der Waals surface area contributed by atoms with Crippen LogP contribution in [0, 0.1) is 0 Å². The summed E-state index contributed by atoms with van der Waals surface area (Å²) in [6.45, 7) is 4.08. The largest absolute Gasteiger partial charge is 0.305 e. The molecule has 1 aromatic heterocycles. The van der Waals surface area contributed by atoms with Crippen molar-refractivity contribution in [3.63, 3.8) is 0 Å². The molecule has 1 unspecified atom stereocenters. The van der Waals surface area contributed by atoms with Gasteiger partial charge >= 0.3 is 0 Å². The zero-order valence-corrected chi connectivity index (χ0v) is 13.6. The van der Waals surface area contributed by atoms with E-state index in [0.717, 1.165) is 19.5 Å². The highest BCUT2D eigenvalue weighted by atomic mass is 79.9. The Bertz CT molecular complexity index is 539. The second-order valence-electron chi connectivity index (χ2n) is 4.89. The highest BCUT2D eigenvalue weighted by Crippen LogP contribution is 2.25. The van der Waals surface area contributed by atoms with E-state index in [4.69, 9.17) is 0 Å². The molecule has 1 atom stereocenters. The summed E-state index contributed by atoms with van der Waals surface area (Å²) in [5, 5.41) is 7.61. The summed E-state index contributed by atoms with van der Waals surface area (Å²) in [5.74, 6) is 0. The van der Waals surface area contributed by atoms with Crippen LogP contribution in [0.25, 0.3) is 0 Å². The average molecular weight is 352 g/mol. The molecular formula is C10H18BrN5O2S. The first-order chi connectivity index (χ1) is 8.84. The third kappa shape index (κ3) is 2.83. The third-order valence-electron chi connectivity index (χ3n) is 3.28. The molecular weight excluding hydrogens is 334 g/mol. The minimum atomic E-state index is -3.58. The maximum atomic E-state index is 12.7. The Kier molecular flexibility index (Phi) is 4.29. The highest BCUT2D eigenvalue weighted by molar-refractivity contribution is 9.10. The van der Waals surface area contributed by atoms with Crippen molar-refractivity contribution in [2.75, 3.05) is 26.7 Å². The van der Waals surface area contributed by atoms with Crippen LogP contribution in [0.3, 0.4) is 0 Å². The van der Waals surface area contributed by atoms with Gasteiger partial charge in [0.2, 0.25) is 5.03 Å². The van der Waals surface area contributed by atoms with Gasteiger partial charge in [0.1, 0.15) is 0 Å². The molecule has 1 aliphatic heterocycles. The third-order valence-corrected chi connectivity index (χ3v) is 6.18. The van der Waals surface area contributed by atoms with Gasteiger partial charge in [-0.1, -0.05) is 5.21 Å². The minimum absolute atomic E-state index is 0.0701. The highest BCUT2D eigenvalue weighted by Gasteiger charge is 2.35. The first kappa shape index (κ1) is 14.9. The van der Waals surface area contributed by atoms with Crippen molar-refractivity contribution in [2.24, 2.45) is 7.05 Å². The summed E-state index contributed by atoms with van der Waals surface area (Å²) in [7, 11) is 0.0125. The summed E-state index contributed by atoms with van der Waals surface area (Å²) < 4.78 is 28.6. The van der Waals surface area contributed by atoms with E-state index in [0.29, 0.717) is 6.54 Å². The molecule has 0 aliphatic carbocycles. The molecule has 2 rings (SSSR count). The monoisotopic (exact) mass is 351 g/mol. The molecule has 9 heteroatoms. The van der Waals surface area contributed by atoms with E-state index >= 15 is 0 Å². The predicted octanol–water partition coefficient (Wildman–Crippen LogP) is 0.292. The molecule has 19 heavy (non-hydrogen) atoms. The molecule has 1 aromatic rings. The lowest BCUT2D eigenvalue weighted by Crippen LogP contribution is -2.42. The fourth-order valence-corrected chi connectivity index (χ4v) is 5.11. The lowest BCUT2D eigenvalue weighted by atomic mass is 10.3. The van der Waals surface area contributed by atoms with Crippen molar-refractivity contribution in [3.8, 4) is 0 Å². The standard InChI is InChI=1S/C10H18BrN5O2S/c1-8-7-14(2)5-4-6-16(8)19(17,18)10-9(11)12-13-15(10)3/h8H,4-7H2,1-3H3. The number of sulfonamides is 1. The Morgan fingerprint density at radius 2 is 2.00 bits per heavy atom. The van der Waals surface area contributed by atoms with Gasteiger partial charge in [0.25, 0.3) is 10.0 Å². The number of halogens is 1. The van der Waals surface area contributed by atoms with E-state index in [1.165, 1.54) is 4.68 Å². The van der Waals surface area contributed by atoms with E-state index in [1.54, 1.807) is 11.4 Å². The van der Waals surface area contributed by atoms with E-state index in [2.05, 4.69) is 31.1 Å². The van der Waals surface area contributed by atoms with Crippen LogP contribution in [0.5, 0.6) is 0 Å². The molecule has 0 radical (unpaired) electrons. The van der Waals surface area contributed by atoms with Crippen LogP contribution in [0.4, 0.5) is 0 Å². The van der Waals surface area contributed by atoms with Crippen molar-refractivity contribution in [2.45, 2.75) is 24.4 Å². The van der Waals surface area contributed by atoms with E-state index < -0.39 is 10.0 Å². The molecule has 0 bridgehead atoms. The van der Waals surface area contributed by atoms with Crippen LogP contribution in [0.1, 0.15) is 13.3 Å². The Morgan fingerprint density at radius 3 is 2.58 bits per heavy atom. The summed E-state index contributed by atoms with van der Waals surface area (Å²) in [6.07, 6.45) is 0.822. The first-order valence-corrected chi connectivity index (χ1v) is 8.33. The van der Waals surface area contributed by atoms with Crippen LogP contribution in [-0.2, 0) is 17.1 Å². The Labute approximate surface area is 121 Å². The van der Waals surface area contributed by atoms with Crippen LogP contribution in [0.15, 0.2) is 9.63 Å². The molecule has 0 aromatic carbocycles. The summed E-state index contributed by atoms with van der Waals surface area (Å²) in [5.41, 5.74) is 0. The summed E-state index contributed by atoms with van der Waals surface area (Å²) in [6, 6.07) is -0.0701. The van der Waals surface area contributed by atoms with Gasteiger partial charge in [0.15, 0.2) is 4.60 Å². The Morgan fingerprint density at radius 1 is 1.32 bits per heavy atom. The van der Waals surface area contributed by atoms with Crippen LogP contribution in [-0.4, -0.2) is 65.3 Å². The zero-order chi connectivity index (χ0) is 14.2. The van der Waals surface area contributed by atoms with Crippen molar-refractivity contribution in [1.82, 2.24) is 24.2 Å². The van der Waals surface area contributed by atoms with E-state index in [-0.39, 0.29) is 15.7 Å². The van der Waals surface area contributed by atoms with Gasteiger partial charge < -0.3 is 4.90 Å². The molecule has 2 heterocycles. The normalized spacial score (nSPS) is 23.5. The number of nitrogens with zero attached hydrogens (tertiary/aromatic N) is 5. The Hall–Kier alpha value is -0.510. The average Bonchev–Trinajstić information content (AvgIpc) is 2.53. The molecule has 108 valence electrons. The van der Waals surface area contributed by atoms with Gasteiger partial charge in [-0.2, -0.15) is 4.31 Å². The van der Waals surface area contributed by atoms with Crippen molar-refractivity contribution in [3.05, 3.63) is 4.60 Å². The topological polar surface area (TPSA) is 71.3 Å². The second kappa shape index (κ2) is 5.47. The van der Waals surface area contributed by atoms with Crippen molar-refractivity contribution in [1.29, 1.82) is 0 Å². The van der Waals surface area contributed by atoms with Crippen LogP contribution in [0.2, 0.25) is 0 Å². The molecule has 0 amide bonds. The van der Waals surface area contributed by atoms with E-state index in [1.807, 2.05) is 14.0 Å². The number of likely N-dealkylation sites (N-methyl/N-ethyl adjacent to an activating group) is 1. The number of aryl methyl sites for hydroxylation is 1. The Balaban J connectivity index is 2.39. The van der Waals surface area contributed by atoms with Crippen molar-refractivity contribution < 1.29 is 8.42 Å². The zero-order valence-electron chi connectivity index (χ0n) is 11.2. The van der Waals surface area contributed by atoms with Gasteiger partial charge in [0.05, 0.1) is 0 Å². The second-order valence-corrected chi connectivity index (χ2v) is 7.45. The number of hydrogen-bond donors (Lipinski definition) is 0. The maximum Gasteiger partial charge on any atom is 0.263 e. The number of hydrogen-bond acceptors (Lipinski definition) is 5. The van der Waals surface area contributed by atoms with Gasteiger partial charge in [0, 0.05) is 26.2 Å². The van der Waals surface area contributed by atoms with Gasteiger partial charge in [-0.05, 0) is 42.9 Å². The van der Waals surface area contributed by atoms with Crippen LogP contribution >= 0.6 is 15.9 Å². The molecule has 1 saturated heterocycles. The smallest absolute Gasteiger partial charge is 0.263 e. The number of rotatable bonds is 2. The fourth-order valence-electron chi connectivity index (χ4n) is 2.42. The molecule has 1 fully saturated rings. The van der Waals surface area contributed by atoms with Gasteiger partial charge in [-0.3, -0.25) is 0 Å². The maximum absolute atomic E-state index is 12.7. The van der Waals surface area contributed by atoms with Crippen molar-refractivity contribution >= 4 is 26.0 Å². The molecule has 0 spiro atoms. The SMILES string of the molecule is CC1CN(C)CCCN1S(=O)(=O)c1c(Br)nnn1C. The molecule has 7 nitrogen and oxygen atoms in total. The molecule has 1 aliphatic rings. The lowest BCUT2D eigenvalue weighted by molar-refractivity contribution is 0.289. The molecule has 0 saturated carbocycles. The van der Waals surface area contributed by atoms with Gasteiger partial charge in [-0.25, -0.2) is 13.1 Å². The summed E-state index contributed by atoms with van der Waals surface area (Å²) >= 11 is 3.16. The fraction of sp³-hybridized carbons (Fsp3) is 0.800. The van der Waals surface area contributed by atoms with E-state index in [9.17, 15) is 8.42 Å². The minimum Gasteiger partial charge on any atom is -0.305 e. The number of aromatic nitrogens is 3. The summed E-state index contributed by atoms with van der Waals surface area (Å²) in [4.78, 5) is 2.15. The first-order valence-electron chi connectivity index (χ1n) is 6.09.